The summed E-state index contributed by atoms with van der Waals surface area (Å²) in [4.78, 5) is 38.4. The van der Waals surface area contributed by atoms with Crippen LogP contribution in [0, 0.1) is 19.8 Å². The standard InChI is InChI=1S/C22H24N2O4/c1-14-8-15(2)10-17(9-14)20(22(27)28)23-21(26)18-11-19(25)24(13-18)12-16-6-4-3-5-7-16/h3-10,18,20H,11-13H2,1-2H3,(H,23,26)(H,27,28). The molecule has 1 aliphatic rings. The van der Waals surface area contributed by atoms with Crippen LogP contribution in [0.2, 0.25) is 0 Å². The van der Waals surface area contributed by atoms with Gasteiger partial charge in [0.25, 0.3) is 0 Å². The van der Waals surface area contributed by atoms with Crippen molar-refractivity contribution in [3.8, 4) is 0 Å². The average molecular weight is 380 g/mol. The largest absolute Gasteiger partial charge is 0.479 e. The molecular weight excluding hydrogens is 356 g/mol. The number of hydrogen-bond acceptors (Lipinski definition) is 3. The second kappa shape index (κ2) is 8.25. The third-order valence-corrected chi connectivity index (χ3v) is 4.91. The van der Waals surface area contributed by atoms with E-state index in [1.54, 1.807) is 17.0 Å². The first-order valence-electron chi connectivity index (χ1n) is 9.26. The minimum absolute atomic E-state index is 0.0951. The Bertz CT molecular complexity index is 874. The van der Waals surface area contributed by atoms with Crippen LogP contribution in [0.15, 0.2) is 48.5 Å². The fourth-order valence-electron chi connectivity index (χ4n) is 3.63. The number of aliphatic carboxylic acids is 1. The van der Waals surface area contributed by atoms with Crippen molar-refractivity contribution in [2.75, 3.05) is 6.54 Å². The highest BCUT2D eigenvalue weighted by atomic mass is 16.4. The molecule has 0 bridgehead atoms. The molecule has 6 nitrogen and oxygen atoms in total. The molecule has 146 valence electrons. The first-order valence-corrected chi connectivity index (χ1v) is 9.26. The van der Waals surface area contributed by atoms with Crippen molar-refractivity contribution in [3.05, 3.63) is 70.8 Å². The van der Waals surface area contributed by atoms with Gasteiger partial charge in [-0.25, -0.2) is 4.79 Å². The molecule has 2 amide bonds. The van der Waals surface area contributed by atoms with Crippen molar-refractivity contribution >= 4 is 17.8 Å². The highest BCUT2D eigenvalue weighted by Crippen LogP contribution is 2.23. The molecule has 6 heteroatoms. The number of carbonyl (C=O) groups is 3. The highest BCUT2D eigenvalue weighted by molar-refractivity contribution is 5.91. The lowest BCUT2D eigenvalue weighted by atomic mass is 10.00. The van der Waals surface area contributed by atoms with Gasteiger partial charge in [-0.15, -0.1) is 0 Å². The van der Waals surface area contributed by atoms with Crippen LogP contribution >= 0.6 is 0 Å². The second-order valence-corrected chi connectivity index (χ2v) is 7.36. The molecule has 2 aromatic carbocycles. The van der Waals surface area contributed by atoms with E-state index in [0.717, 1.165) is 16.7 Å². The molecule has 0 aliphatic carbocycles. The summed E-state index contributed by atoms with van der Waals surface area (Å²) in [6.07, 6.45) is 0.0951. The molecule has 28 heavy (non-hydrogen) atoms. The van der Waals surface area contributed by atoms with Gasteiger partial charge in [-0.3, -0.25) is 9.59 Å². The summed E-state index contributed by atoms with van der Waals surface area (Å²) in [5, 5.41) is 12.2. The number of benzene rings is 2. The van der Waals surface area contributed by atoms with E-state index in [2.05, 4.69) is 5.32 Å². The van der Waals surface area contributed by atoms with Gasteiger partial charge >= 0.3 is 5.97 Å². The number of likely N-dealkylation sites (tertiary alicyclic amines) is 1. The van der Waals surface area contributed by atoms with E-state index in [4.69, 9.17) is 0 Å². The summed E-state index contributed by atoms with van der Waals surface area (Å²) >= 11 is 0. The molecule has 0 radical (unpaired) electrons. The van der Waals surface area contributed by atoms with Crippen LogP contribution in [0.1, 0.15) is 34.7 Å². The Hall–Kier alpha value is -3.15. The number of hydrogen-bond donors (Lipinski definition) is 2. The van der Waals surface area contributed by atoms with E-state index in [1.807, 2.05) is 50.2 Å². The molecule has 0 aromatic heterocycles. The Balaban J connectivity index is 1.69. The molecule has 3 rings (SSSR count). The predicted octanol–water partition coefficient (Wildman–Crippen LogP) is 2.59. The van der Waals surface area contributed by atoms with Crippen molar-refractivity contribution in [3.63, 3.8) is 0 Å². The van der Waals surface area contributed by atoms with Crippen molar-refractivity contribution in [1.82, 2.24) is 10.2 Å². The van der Waals surface area contributed by atoms with Gasteiger partial charge in [-0.05, 0) is 25.0 Å². The van der Waals surface area contributed by atoms with E-state index < -0.39 is 23.8 Å². The predicted molar refractivity (Wildman–Crippen MR) is 104 cm³/mol. The second-order valence-electron chi connectivity index (χ2n) is 7.36. The van der Waals surface area contributed by atoms with Gasteiger partial charge in [0.05, 0.1) is 5.92 Å². The lowest BCUT2D eigenvalue weighted by Gasteiger charge is -2.19. The molecule has 0 saturated carbocycles. The number of nitrogens with one attached hydrogen (secondary N) is 1. The maximum Gasteiger partial charge on any atom is 0.330 e. The summed E-state index contributed by atoms with van der Waals surface area (Å²) in [5.74, 6) is -2.18. The first kappa shape index (κ1) is 19.6. The monoisotopic (exact) mass is 380 g/mol. The Morgan fingerprint density at radius 2 is 1.79 bits per heavy atom. The summed E-state index contributed by atoms with van der Waals surface area (Å²) in [6.45, 7) is 4.50. The quantitative estimate of drug-likeness (QED) is 0.806. The summed E-state index contributed by atoms with van der Waals surface area (Å²) in [6, 6.07) is 13.9. The SMILES string of the molecule is Cc1cc(C)cc(C(NC(=O)C2CC(=O)N(Cc3ccccc3)C2)C(=O)O)c1. The van der Waals surface area contributed by atoms with E-state index in [0.29, 0.717) is 18.7 Å². The number of amides is 2. The maximum absolute atomic E-state index is 12.7. The van der Waals surface area contributed by atoms with Crippen LogP contribution in [0.25, 0.3) is 0 Å². The lowest BCUT2D eigenvalue weighted by molar-refractivity contribution is -0.142. The topological polar surface area (TPSA) is 86.7 Å². The molecule has 2 N–H and O–H groups in total. The smallest absolute Gasteiger partial charge is 0.330 e. The molecule has 1 fully saturated rings. The van der Waals surface area contributed by atoms with E-state index >= 15 is 0 Å². The molecule has 2 unspecified atom stereocenters. The molecule has 2 atom stereocenters. The minimum atomic E-state index is -1.13. The summed E-state index contributed by atoms with van der Waals surface area (Å²) < 4.78 is 0. The fourth-order valence-corrected chi connectivity index (χ4v) is 3.63. The van der Waals surface area contributed by atoms with E-state index in [-0.39, 0.29) is 12.3 Å². The summed E-state index contributed by atoms with van der Waals surface area (Å²) in [5.41, 5.74) is 3.39. The van der Waals surface area contributed by atoms with E-state index in [9.17, 15) is 19.5 Å². The number of nitrogens with zero attached hydrogens (tertiary/aromatic N) is 1. The molecular formula is C22H24N2O4. The van der Waals surface area contributed by atoms with Crippen LogP contribution in [0.3, 0.4) is 0 Å². The number of carboxylic acid groups (broad SMARTS) is 1. The minimum Gasteiger partial charge on any atom is -0.479 e. The third-order valence-electron chi connectivity index (χ3n) is 4.91. The van der Waals surface area contributed by atoms with Gasteiger partial charge in [0, 0.05) is 19.5 Å². The molecule has 1 saturated heterocycles. The Morgan fingerprint density at radius 1 is 1.14 bits per heavy atom. The Kier molecular flexibility index (Phi) is 5.78. The van der Waals surface area contributed by atoms with Gasteiger partial charge < -0.3 is 15.3 Å². The molecule has 2 aromatic rings. The summed E-state index contributed by atoms with van der Waals surface area (Å²) in [7, 11) is 0. The fraction of sp³-hybridized carbons (Fsp3) is 0.318. The highest BCUT2D eigenvalue weighted by Gasteiger charge is 2.36. The number of rotatable bonds is 6. The van der Waals surface area contributed by atoms with Crippen LogP contribution in [0.4, 0.5) is 0 Å². The molecule has 0 spiro atoms. The average Bonchev–Trinajstić information content (AvgIpc) is 3.00. The number of carboxylic acids is 1. The van der Waals surface area contributed by atoms with Gasteiger partial charge in [0.1, 0.15) is 0 Å². The van der Waals surface area contributed by atoms with Crippen LogP contribution in [0.5, 0.6) is 0 Å². The van der Waals surface area contributed by atoms with Gasteiger partial charge in [-0.1, -0.05) is 59.7 Å². The van der Waals surface area contributed by atoms with Crippen molar-refractivity contribution < 1.29 is 19.5 Å². The number of carbonyl (C=O) groups excluding carboxylic acids is 2. The zero-order valence-corrected chi connectivity index (χ0v) is 16.0. The molecule has 1 aliphatic heterocycles. The number of aryl methyl sites for hydroxylation is 2. The van der Waals surface area contributed by atoms with Crippen LogP contribution < -0.4 is 5.32 Å². The Morgan fingerprint density at radius 3 is 2.39 bits per heavy atom. The van der Waals surface area contributed by atoms with Gasteiger partial charge in [-0.2, -0.15) is 0 Å². The third kappa shape index (κ3) is 4.57. The van der Waals surface area contributed by atoms with Crippen molar-refractivity contribution in [1.29, 1.82) is 0 Å². The Labute approximate surface area is 164 Å². The normalized spacial score (nSPS) is 17.4. The lowest BCUT2D eigenvalue weighted by Crippen LogP contribution is -2.38. The van der Waals surface area contributed by atoms with Crippen LogP contribution in [-0.4, -0.2) is 34.3 Å². The van der Waals surface area contributed by atoms with Gasteiger partial charge in [0.2, 0.25) is 11.8 Å². The van der Waals surface area contributed by atoms with Gasteiger partial charge in [0.15, 0.2) is 6.04 Å². The zero-order chi connectivity index (χ0) is 20.3. The van der Waals surface area contributed by atoms with Crippen LogP contribution in [-0.2, 0) is 20.9 Å². The van der Waals surface area contributed by atoms with E-state index in [1.165, 1.54) is 0 Å². The zero-order valence-electron chi connectivity index (χ0n) is 16.0. The van der Waals surface area contributed by atoms with Crippen molar-refractivity contribution in [2.24, 2.45) is 5.92 Å². The maximum atomic E-state index is 12.7. The first-order chi connectivity index (χ1) is 13.3. The van der Waals surface area contributed by atoms with Crippen molar-refractivity contribution in [2.45, 2.75) is 32.9 Å². The molecule has 1 heterocycles.